The Hall–Kier alpha value is -2.56. The first-order valence-electron chi connectivity index (χ1n) is 7.36. The summed E-state index contributed by atoms with van der Waals surface area (Å²) in [7, 11) is 0. The summed E-state index contributed by atoms with van der Waals surface area (Å²) in [6, 6.07) is 12.8. The Balaban J connectivity index is 1.52. The Kier molecular flexibility index (Phi) is 4.23. The smallest absolute Gasteiger partial charge is 0.254 e. The number of hydrogen-bond donors (Lipinski definition) is 0. The van der Waals surface area contributed by atoms with E-state index in [-0.39, 0.29) is 12.0 Å². The molecule has 1 aromatic carbocycles. The van der Waals surface area contributed by atoms with Crippen molar-refractivity contribution in [3.63, 3.8) is 0 Å². The molecule has 0 N–H and O–H groups in total. The van der Waals surface area contributed by atoms with Gasteiger partial charge in [0, 0.05) is 17.8 Å². The highest BCUT2D eigenvalue weighted by Crippen LogP contribution is 2.19. The van der Waals surface area contributed by atoms with Gasteiger partial charge in [0.25, 0.3) is 5.91 Å². The molecule has 2 heterocycles. The predicted octanol–water partition coefficient (Wildman–Crippen LogP) is 2.38. The van der Waals surface area contributed by atoms with Crippen LogP contribution in [0.2, 0.25) is 0 Å². The molecule has 0 atom stereocenters. The molecule has 114 valence electrons. The molecular weight excluding hydrogens is 280 g/mol. The van der Waals surface area contributed by atoms with Gasteiger partial charge in [-0.2, -0.15) is 0 Å². The molecule has 1 aliphatic rings. The van der Waals surface area contributed by atoms with Gasteiger partial charge in [0.1, 0.15) is 11.9 Å². The van der Waals surface area contributed by atoms with Crippen LogP contribution in [0.4, 0.5) is 0 Å². The van der Waals surface area contributed by atoms with E-state index < -0.39 is 0 Å². The van der Waals surface area contributed by atoms with Crippen LogP contribution in [0.1, 0.15) is 17.3 Å². The van der Waals surface area contributed by atoms with Crippen molar-refractivity contribution in [3.05, 3.63) is 54.2 Å². The minimum absolute atomic E-state index is 0.0153. The molecule has 0 bridgehead atoms. The summed E-state index contributed by atoms with van der Waals surface area (Å²) in [5.41, 5.74) is 0.666. The number of carbonyl (C=O) groups is 1. The van der Waals surface area contributed by atoms with Crippen LogP contribution in [0.5, 0.6) is 11.6 Å². The maximum Gasteiger partial charge on any atom is 0.254 e. The maximum absolute atomic E-state index is 12.3. The third-order valence-electron chi connectivity index (χ3n) is 3.47. The number of benzene rings is 1. The van der Waals surface area contributed by atoms with Crippen molar-refractivity contribution < 1.29 is 14.3 Å². The molecule has 1 aliphatic heterocycles. The monoisotopic (exact) mass is 298 g/mol. The van der Waals surface area contributed by atoms with Crippen molar-refractivity contribution in [3.8, 4) is 11.6 Å². The fourth-order valence-corrected chi connectivity index (χ4v) is 2.31. The molecule has 5 nitrogen and oxygen atoms in total. The Bertz CT molecular complexity index is 622. The summed E-state index contributed by atoms with van der Waals surface area (Å²) >= 11 is 0. The second-order valence-electron chi connectivity index (χ2n) is 5.08. The zero-order valence-electron chi connectivity index (χ0n) is 12.4. The van der Waals surface area contributed by atoms with Crippen LogP contribution in [-0.2, 0) is 0 Å². The van der Waals surface area contributed by atoms with Crippen LogP contribution in [0.3, 0.4) is 0 Å². The highest BCUT2D eigenvalue weighted by atomic mass is 16.5. The Morgan fingerprint density at radius 3 is 2.64 bits per heavy atom. The number of hydrogen-bond acceptors (Lipinski definition) is 4. The van der Waals surface area contributed by atoms with E-state index in [1.165, 1.54) is 0 Å². The standard InChI is InChI=1S/C17H18N2O3/c1-2-21-14-8-6-13(7-9-14)17(20)19-11-15(12-19)22-16-5-3-4-10-18-16/h3-10,15H,2,11-12H2,1H3. The van der Waals surface area contributed by atoms with E-state index in [1.807, 2.05) is 37.3 Å². The van der Waals surface area contributed by atoms with E-state index >= 15 is 0 Å². The minimum atomic E-state index is 0.0153. The molecule has 2 aromatic rings. The number of aromatic nitrogens is 1. The average Bonchev–Trinajstić information content (AvgIpc) is 2.52. The quantitative estimate of drug-likeness (QED) is 0.850. The van der Waals surface area contributed by atoms with E-state index in [9.17, 15) is 4.79 Å². The van der Waals surface area contributed by atoms with E-state index in [4.69, 9.17) is 9.47 Å². The molecule has 1 amide bonds. The summed E-state index contributed by atoms with van der Waals surface area (Å²) in [6.45, 7) is 3.72. The molecule has 0 unspecified atom stereocenters. The molecule has 0 spiro atoms. The van der Waals surface area contributed by atoms with E-state index in [0.717, 1.165) is 5.75 Å². The van der Waals surface area contributed by atoms with Gasteiger partial charge in [0.05, 0.1) is 19.7 Å². The third kappa shape index (κ3) is 3.19. The van der Waals surface area contributed by atoms with Crippen molar-refractivity contribution in [2.45, 2.75) is 13.0 Å². The number of rotatable bonds is 5. The predicted molar refractivity (Wildman–Crippen MR) is 82.2 cm³/mol. The molecule has 22 heavy (non-hydrogen) atoms. The number of amides is 1. The van der Waals surface area contributed by atoms with Gasteiger partial charge in [-0.3, -0.25) is 4.79 Å². The summed E-state index contributed by atoms with van der Waals surface area (Å²) in [4.78, 5) is 18.2. The lowest BCUT2D eigenvalue weighted by atomic mass is 10.1. The third-order valence-corrected chi connectivity index (χ3v) is 3.47. The van der Waals surface area contributed by atoms with Crippen molar-refractivity contribution >= 4 is 5.91 Å². The molecule has 0 aliphatic carbocycles. The van der Waals surface area contributed by atoms with Crippen LogP contribution in [-0.4, -0.2) is 41.6 Å². The largest absolute Gasteiger partial charge is 0.494 e. The number of nitrogens with zero attached hydrogens (tertiary/aromatic N) is 2. The van der Waals surface area contributed by atoms with Gasteiger partial charge in [-0.1, -0.05) is 6.07 Å². The summed E-state index contributed by atoms with van der Waals surface area (Å²) in [5.74, 6) is 1.39. The van der Waals surface area contributed by atoms with Crippen LogP contribution in [0.25, 0.3) is 0 Å². The second kappa shape index (κ2) is 6.47. The van der Waals surface area contributed by atoms with Gasteiger partial charge in [-0.15, -0.1) is 0 Å². The fraction of sp³-hybridized carbons (Fsp3) is 0.294. The Morgan fingerprint density at radius 2 is 2.00 bits per heavy atom. The highest BCUT2D eigenvalue weighted by Gasteiger charge is 2.33. The van der Waals surface area contributed by atoms with Crippen molar-refractivity contribution in [2.24, 2.45) is 0 Å². The highest BCUT2D eigenvalue weighted by molar-refractivity contribution is 5.94. The van der Waals surface area contributed by atoms with Crippen molar-refractivity contribution in [2.75, 3.05) is 19.7 Å². The van der Waals surface area contributed by atoms with Gasteiger partial charge in [0.15, 0.2) is 0 Å². The van der Waals surface area contributed by atoms with Gasteiger partial charge in [-0.05, 0) is 37.3 Å². The first-order valence-corrected chi connectivity index (χ1v) is 7.36. The van der Waals surface area contributed by atoms with Crippen LogP contribution in [0.15, 0.2) is 48.7 Å². The molecule has 0 saturated carbocycles. The summed E-state index contributed by atoms with van der Waals surface area (Å²) in [5, 5.41) is 0. The normalized spacial score (nSPS) is 14.3. The second-order valence-corrected chi connectivity index (χ2v) is 5.08. The molecule has 0 radical (unpaired) electrons. The van der Waals surface area contributed by atoms with E-state index in [0.29, 0.717) is 31.1 Å². The van der Waals surface area contributed by atoms with Crippen LogP contribution < -0.4 is 9.47 Å². The maximum atomic E-state index is 12.3. The fourth-order valence-electron chi connectivity index (χ4n) is 2.31. The molecule has 1 fully saturated rings. The number of likely N-dealkylation sites (tertiary alicyclic amines) is 1. The molecule has 1 saturated heterocycles. The van der Waals surface area contributed by atoms with Gasteiger partial charge < -0.3 is 14.4 Å². The zero-order valence-corrected chi connectivity index (χ0v) is 12.4. The topological polar surface area (TPSA) is 51.7 Å². The zero-order chi connectivity index (χ0) is 15.4. The number of ether oxygens (including phenoxy) is 2. The molecule has 3 rings (SSSR count). The lowest BCUT2D eigenvalue weighted by Crippen LogP contribution is -2.56. The van der Waals surface area contributed by atoms with Crippen molar-refractivity contribution in [1.29, 1.82) is 0 Å². The lowest BCUT2D eigenvalue weighted by molar-refractivity contribution is 0.0160. The van der Waals surface area contributed by atoms with Crippen molar-refractivity contribution in [1.82, 2.24) is 9.88 Å². The first kappa shape index (κ1) is 14.4. The van der Waals surface area contributed by atoms with E-state index in [2.05, 4.69) is 4.98 Å². The van der Waals surface area contributed by atoms with Crippen LogP contribution >= 0.6 is 0 Å². The minimum Gasteiger partial charge on any atom is -0.494 e. The Morgan fingerprint density at radius 1 is 1.23 bits per heavy atom. The average molecular weight is 298 g/mol. The number of carbonyl (C=O) groups excluding carboxylic acids is 1. The SMILES string of the molecule is CCOc1ccc(C(=O)N2CC(Oc3ccccn3)C2)cc1. The van der Waals surface area contributed by atoms with Gasteiger partial charge >= 0.3 is 0 Å². The van der Waals surface area contributed by atoms with Gasteiger partial charge in [0.2, 0.25) is 5.88 Å². The van der Waals surface area contributed by atoms with Gasteiger partial charge in [-0.25, -0.2) is 4.98 Å². The molecular formula is C17H18N2O3. The lowest BCUT2D eigenvalue weighted by Gasteiger charge is -2.38. The molecule has 1 aromatic heterocycles. The van der Waals surface area contributed by atoms with E-state index in [1.54, 1.807) is 23.2 Å². The first-order chi connectivity index (χ1) is 10.8. The van der Waals surface area contributed by atoms with Crippen LogP contribution in [0, 0.1) is 0 Å². The Labute approximate surface area is 129 Å². The molecule has 5 heteroatoms. The summed E-state index contributed by atoms with van der Waals surface area (Å²) < 4.78 is 11.1. The summed E-state index contributed by atoms with van der Waals surface area (Å²) in [6.07, 6.45) is 1.71. The number of pyridine rings is 1.